The van der Waals surface area contributed by atoms with Crippen LogP contribution in [0.25, 0.3) is 0 Å². The molecule has 4 aromatic carbocycles. The Kier molecular flexibility index (Phi) is 35.7. The maximum Gasteiger partial charge on any atom is 0.328 e. The van der Waals surface area contributed by atoms with Crippen molar-refractivity contribution in [3.05, 3.63) is 138 Å². The van der Waals surface area contributed by atoms with Gasteiger partial charge in [-0.1, -0.05) is 109 Å². The van der Waals surface area contributed by atoms with Crippen LogP contribution in [-0.4, -0.2) is 253 Å². The number of carbonyl (C=O) groups excluding carboxylic acids is 12. The minimum atomic E-state index is -1.14. The lowest BCUT2D eigenvalue weighted by Crippen LogP contribution is -2.53. The molecule has 0 aliphatic carbocycles. The van der Waals surface area contributed by atoms with Crippen LogP contribution in [0.2, 0.25) is 0 Å². The lowest BCUT2D eigenvalue weighted by atomic mass is 10.1. The van der Waals surface area contributed by atoms with Gasteiger partial charge >= 0.3 is 23.9 Å². The first kappa shape index (κ1) is 79.4. The van der Waals surface area contributed by atoms with Gasteiger partial charge in [0.15, 0.2) is 0 Å². The Labute approximate surface area is 576 Å². The molecule has 29 nitrogen and oxygen atoms in total. The van der Waals surface area contributed by atoms with Crippen molar-refractivity contribution in [1.29, 1.82) is 0 Å². The molecule has 0 saturated carbocycles. The number of nitrogens with zero attached hydrogens (tertiary/aromatic N) is 4. The first-order valence-electron chi connectivity index (χ1n) is 32.7. The average Bonchev–Trinajstić information content (AvgIpc) is 1.04. The summed E-state index contributed by atoms with van der Waals surface area (Å²) >= 11 is 0. The summed E-state index contributed by atoms with van der Waals surface area (Å²) in [5, 5.41) is 21.1. The van der Waals surface area contributed by atoms with E-state index in [1.807, 2.05) is 18.2 Å². The topological polar surface area (TPSA) is 360 Å². The molecule has 0 bridgehead atoms. The highest BCUT2D eigenvalue weighted by Crippen LogP contribution is 2.15. The van der Waals surface area contributed by atoms with E-state index in [9.17, 15) is 57.5 Å². The van der Waals surface area contributed by atoms with Crippen LogP contribution >= 0.6 is 0 Å². The minimum absolute atomic E-state index is 0.0359. The van der Waals surface area contributed by atoms with Crippen molar-refractivity contribution in [2.75, 3.05) is 138 Å². The molecule has 1 fully saturated rings. The molecule has 534 valence electrons. The Balaban J connectivity index is 1.35. The van der Waals surface area contributed by atoms with Gasteiger partial charge in [0.25, 0.3) is 0 Å². The predicted octanol–water partition coefficient (Wildman–Crippen LogP) is -1.54. The van der Waals surface area contributed by atoms with Crippen LogP contribution in [0.4, 0.5) is 0 Å². The average molecular weight is 1370 g/mol. The summed E-state index contributed by atoms with van der Waals surface area (Å²) in [6.07, 6.45) is 5.71. The molecule has 4 aromatic rings. The predicted molar refractivity (Wildman–Crippen MR) is 362 cm³/mol. The number of rotatable bonds is 37. The van der Waals surface area contributed by atoms with Crippen molar-refractivity contribution in [2.24, 2.45) is 0 Å². The maximum absolute atomic E-state index is 13.9. The third-order valence-corrected chi connectivity index (χ3v) is 15.3. The molecule has 4 atom stereocenters. The third kappa shape index (κ3) is 31.6. The Morgan fingerprint density at radius 1 is 0.374 bits per heavy atom. The third-order valence-electron chi connectivity index (χ3n) is 15.3. The zero-order valence-corrected chi connectivity index (χ0v) is 56.6. The molecule has 8 amide bonds. The van der Waals surface area contributed by atoms with E-state index in [0.29, 0.717) is 11.3 Å². The molecule has 5 rings (SSSR count). The standard InChI is InChI=1S/C70H92N12O17/c1-6-37-99-54-27-25-53(26-28-54)41-55(67(91)95-5)75-59(83)42-71-63(87)46-79-29-31-80(47-64(88)72-43-60(84)76-56(68(92)96-7-2)38-50-19-13-10-14-20-50)33-35-82(49-66(90)74-45-62(86)78-58(70(94)98-9-4)40-52-23-17-12-18-24-52)36-34-81(32-30-79)48-65(89)73-44-61(85)77-57(69(93)97-8-3)39-51-21-15-11-16-22-51/h1,10-28,55-58H,7-9,29-49H2,2-5H3,(H,71,87)(H,72,88)(H,73,89)(H,74,90)(H,75,83)(H,76,84)(H,77,85)(H,78,86)/t55-,56-,57-,58-/m0/s1. The molecule has 1 aliphatic rings. The summed E-state index contributed by atoms with van der Waals surface area (Å²) in [6.45, 7) is 2.56. The smallest absolute Gasteiger partial charge is 0.328 e. The van der Waals surface area contributed by atoms with Crippen LogP contribution in [0.3, 0.4) is 0 Å². The van der Waals surface area contributed by atoms with Crippen LogP contribution in [0.1, 0.15) is 43.0 Å². The van der Waals surface area contributed by atoms with Gasteiger partial charge in [-0.3, -0.25) is 58.0 Å². The van der Waals surface area contributed by atoms with Crippen molar-refractivity contribution in [3.63, 3.8) is 0 Å². The van der Waals surface area contributed by atoms with Crippen molar-refractivity contribution in [1.82, 2.24) is 62.1 Å². The van der Waals surface area contributed by atoms with Gasteiger partial charge in [-0.05, 0) is 55.2 Å². The van der Waals surface area contributed by atoms with Crippen LogP contribution < -0.4 is 47.3 Å². The molecular formula is C70H92N12O17. The SMILES string of the molecule is C#CCOc1ccc(C[C@H](NC(=O)CNC(=O)CN2CCN(CC(=O)NCC(=O)N[C@@H](Cc3ccccc3)C(=O)OCC)CCN(CC(=O)NCC(=O)N[C@@H](Cc3ccccc3)C(=O)OCC)CCN(CC(=O)NCC(=O)N[C@@H](Cc3ccccc3)C(=O)OCC)CC2)C(=O)OC)cc1. The number of esters is 4. The van der Waals surface area contributed by atoms with E-state index < -0.39 is 121 Å². The fourth-order valence-corrected chi connectivity index (χ4v) is 10.2. The minimum Gasteiger partial charge on any atom is -0.481 e. The van der Waals surface area contributed by atoms with Crippen molar-refractivity contribution in [2.45, 2.75) is 70.6 Å². The van der Waals surface area contributed by atoms with Crippen molar-refractivity contribution in [3.8, 4) is 18.1 Å². The number of methoxy groups -OCH3 is 1. The fraction of sp³-hybridized carbons (Fsp3) is 0.457. The normalized spacial score (nSPS) is 14.3. The zero-order valence-electron chi connectivity index (χ0n) is 56.6. The molecule has 0 unspecified atom stereocenters. The Morgan fingerprint density at radius 3 is 0.869 bits per heavy atom. The summed E-state index contributed by atoms with van der Waals surface area (Å²) in [7, 11) is 1.17. The molecule has 0 spiro atoms. The van der Waals surface area contributed by atoms with E-state index in [1.54, 1.807) is 137 Å². The Morgan fingerprint density at radius 2 is 0.626 bits per heavy atom. The molecular weight excluding hydrogens is 1280 g/mol. The number of amides is 8. The molecule has 1 aliphatic heterocycles. The van der Waals surface area contributed by atoms with Crippen molar-refractivity contribution >= 4 is 71.1 Å². The highest BCUT2D eigenvalue weighted by Gasteiger charge is 2.29. The van der Waals surface area contributed by atoms with Gasteiger partial charge in [0.1, 0.15) is 36.5 Å². The lowest BCUT2D eigenvalue weighted by molar-refractivity contribution is -0.147. The Bertz CT molecular complexity index is 3200. The van der Waals surface area contributed by atoms with Gasteiger partial charge in [0.2, 0.25) is 47.3 Å². The quantitative estimate of drug-likeness (QED) is 0.0144. The second kappa shape index (κ2) is 44.5. The second-order valence-electron chi connectivity index (χ2n) is 22.9. The van der Waals surface area contributed by atoms with Gasteiger partial charge < -0.3 is 66.2 Å². The molecule has 8 N–H and O–H groups in total. The second-order valence-corrected chi connectivity index (χ2v) is 22.9. The van der Waals surface area contributed by atoms with E-state index in [2.05, 4.69) is 48.5 Å². The van der Waals surface area contributed by atoms with Crippen LogP contribution in [0.5, 0.6) is 5.75 Å². The van der Waals surface area contributed by atoms with Gasteiger partial charge in [-0.2, -0.15) is 0 Å². The van der Waals surface area contributed by atoms with Gasteiger partial charge in [-0.15, -0.1) is 6.42 Å². The van der Waals surface area contributed by atoms with E-state index >= 15 is 0 Å². The van der Waals surface area contributed by atoms with Crippen molar-refractivity contribution < 1.29 is 81.2 Å². The first-order valence-corrected chi connectivity index (χ1v) is 32.7. The number of benzene rings is 4. The number of carbonyl (C=O) groups is 12. The van der Waals surface area contributed by atoms with E-state index in [-0.39, 0.29) is 131 Å². The van der Waals surface area contributed by atoms with Gasteiger partial charge in [0, 0.05) is 78.0 Å². The number of terminal acetylenes is 1. The molecule has 99 heavy (non-hydrogen) atoms. The Hall–Kier alpha value is -10.3. The number of hydrogen-bond donors (Lipinski definition) is 8. The summed E-state index contributed by atoms with van der Waals surface area (Å²) in [6, 6.07) is 29.3. The van der Waals surface area contributed by atoms with Crippen LogP contribution in [-0.2, 0) is 102 Å². The van der Waals surface area contributed by atoms with Crippen LogP contribution in [0, 0.1) is 12.3 Å². The lowest BCUT2D eigenvalue weighted by Gasteiger charge is -2.33. The number of ether oxygens (including phenoxy) is 5. The van der Waals surface area contributed by atoms with Gasteiger partial charge in [-0.25, -0.2) is 19.2 Å². The number of hydrogen-bond acceptors (Lipinski definition) is 21. The molecule has 0 radical (unpaired) electrons. The highest BCUT2D eigenvalue weighted by atomic mass is 16.5. The summed E-state index contributed by atoms with van der Waals surface area (Å²) in [5.74, 6) is -4.94. The first-order chi connectivity index (χ1) is 47.8. The van der Waals surface area contributed by atoms with E-state index in [0.717, 1.165) is 16.7 Å². The maximum atomic E-state index is 13.9. The highest BCUT2D eigenvalue weighted by molar-refractivity contribution is 5.92. The summed E-state index contributed by atoms with van der Waals surface area (Å²) in [4.78, 5) is 168. The monoisotopic (exact) mass is 1370 g/mol. The summed E-state index contributed by atoms with van der Waals surface area (Å²) in [5.41, 5.74) is 2.93. The molecule has 0 aromatic heterocycles. The molecule has 29 heteroatoms. The van der Waals surface area contributed by atoms with Gasteiger partial charge in [0.05, 0.1) is 79.3 Å². The summed E-state index contributed by atoms with van der Waals surface area (Å²) < 4.78 is 26.1. The molecule has 1 saturated heterocycles. The largest absolute Gasteiger partial charge is 0.481 e. The van der Waals surface area contributed by atoms with E-state index in [1.165, 1.54) is 7.11 Å². The van der Waals surface area contributed by atoms with Crippen LogP contribution in [0.15, 0.2) is 115 Å². The zero-order chi connectivity index (χ0) is 71.7. The van der Waals surface area contributed by atoms with E-state index in [4.69, 9.17) is 30.1 Å². The fourth-order valence-electron chi connectivity index (χ4n) is 10.2. The number of nitrogens with one attached hydrogen (secondary N) is 8. The molecule has 1 heterocycles.